The second-order valence-electron chi connectivity index (χ2n) is 7.78. The van der Waals surface area contributed by atoms with Gasteiger partial charge in [0.2, 0.25) is 5.91 Å². The number of nitrogens with zero attached hydrogens (tertiary/aromatic N) is 7. The molecule has 2 aliphatic rings. The lowest BCUT2D eigenvalue weighted by Crippen LogP contribution is -2.50. The fourth-order valence-corrected chi connectivity index (χ4v) is 4.35. The zero-order chi connectivity index (χ0) is 21.4. The molecule has 2 saturated heterocycles. The zero-order valence-corrected chi connectivity index (χ0v) is 16.7. The van der Waals surface area contributed by atoms with Gasteiger partial charge >= 0.3 is 0 Å². The summed E-state index contributed by atoms with van der Waals surface area (Å²) in [6, 6.07) is 6.55. The Morgan fingerprint density at radius 1 is 1.06 bits per heavy atom. The Balaban J connectivity index is 1.21. The van der Waals surface area contributed by atoms with E-state index in [2.05, 4.69) is 30.5 Å². The van der Waals surface area contributed by atoms with Crippen molar-refractivity contribution in [3.05, 3.63) is 42.1 Å². The lowest BCUT2D eigenvalue weighted by Gasteiger charge is -2.37. The molecule has 0 bridgehead atoms. The number of hydrogen-bond acceptors (Lipinski definition) is 7. The number of H-pyrrole nitrogens is 1. The molecule has 1 aromatic carbocycles. The van der Waals surface area contributed by atoms with E-state index in [1.165, 1.54) is 12.1 Å². The number of tetrazole rings is 1. The minimum atomic E-state index is -0.310. The number of piperazine rings is 1. The van der Waals surface area contributed by atoms with Gasteiger partial charge in [0.1, 0.15) is 5.82 Å². The number of anilines is 1. The van der Waals surface area contributed by atoms with Gasteiger partial charge in [0, 0.05) is 62.6 Å². The van der Waals surface area contributed by atoms with E-state index in [4.69, 9.17) is 0 Å². The topological polar surface area (TPSA) is 111 Å². The minimum Gasteiger partial charge on any atom is -0.367 e. The lowest BCUT2D eigenvalue weighted by atomic mass is 10.1. The maximum absolute atomic E-state index is 13.5. The quantitative estimate of drug-likeness (QED) is 0.659. The van der Waals surface area contributed by atoms with Crippen molar-refractivity contribution < 1.29 is 14.0 Å². The summed E-state index contributed by atoms with van der Waals surface area (Å²) >= 11 is 0. The normalized spacial score (nSPS) is 19.3. The van der Waals surface area contributed by atoms with E-state index in [1.54, 1.807) is 17.2 Å². The van der Waals surface area contributed by atoms with Crippen LogP contribution < -0.4 is 4.90 Å². The average Bonchev–Trinajstić information content (AvgIpc) is 3.50. The Labute approximate surface area is 177 Å². The number of fused-ring (bicyclic) bond motifs is 1. The summed E-state index contributed by atoms with van der Waals surface area (Å²) in [5.74, 6) is -0.742. The van der Waals surface area contributed by atoms with Gasteiger partial charge in [0.05, 0.1) is 11.4 Å². The summed E-state index contributed by atoms with van der Waals surface area (Å²) < 4.78 is 13.5. The van der Waals surface area contributed by atoms with Crippen molar-refractivity contribution in [1.29, 1.82) is 0 Å². The van der Waals surface area contributed by atoms with Gasteiger partial charge < -0.3 is 14.7 Å². The van der Waals surface area contributed by atoms with Gasteiger partial charge in [-0.3, -0.25) is 14.6 Å². The molecule has 0 unspecified atom stereocenters. The third-order valence-electron chi connectivity index (χ3n) is 5.98. The molecule has 31 heavy (non-hydrogen) atoms. The van der Waals surface area contributed by atoms with E-state index in [1.807, 2.05) is 11.0 Å². The third-order valence-corrected chi connectivity index (χ3v) is 5.98. The first-order valence-corrected chi connectivity index (χ1v) is 10.2. The highest BCUT2D eigenvalue weighted by Crippen LogP contribution is 2.27. The van der Waals surface area contributed by atoms with Crippen molar-refractivity contribution in [2.75, 3.05) is 44.2 Å². The van der Waals surface area contributed by atoms with Gasteiger partial charge in [-0.05, 0) is 29.8 Å². The molecule has 0 saturated carbocycles. The maximum Gasteiger partial charge on any atom is 0.295 e. The van der Waals surface area contributed by atoms with Crippen molar-refractivity contribution in [2.45, 2.75) is 6.42 Å². The summed E-state index contributed by atoms with van der Waals surface area (Å²) in [5.41, 5.74) is 1.61. The fraction of sp³-hybridized carbons (Fsp3) is 0.400. The minimum absolute atomic E-state index is 0.0196. The molecule has 2 aliphatic heterocycles. The lowest BCUT2D eigenvalue weighted by molar-refractivity contribution is -0.135. The van der Waals surface area contributed by atoms with Crippen LogP contribution in [0.4, 0.5) is 10.1 Å². The van der Waals surface area contributed by atoms with Crippen LogP contribution in [0.3, 0.4) is 0 Å². The molecule has 4 heterocycles. The number of amides is 2. The number of aromatic nitrogens is 5. The Morgan fingerprint density at radius 2 is 1.90 bits per heavy atom. The number of pyridine rings is 1. The van der Waals surface area contributed by atoms with E-state index >= 15 is 0 Å². The van der Waals surface area contributed by atoms with E-state index < -0.39 is 0 Å². The second-order valence-corrected chi connectivity index (χ2v) is 7.78. The predicted octanol–water partition coefficient (Wildman–Crippen LogP) is 0.698. The van der Waals surface area contributed by atoms with Crippen LogP contribution >= 0.6 is 0 Å². The van der Waals surface area contributed by atoms with E-state index in [0.717, 1.165) is 11.1 Å². The molecule has 3 aromatic rings. The van der Waals surface area contributed by atoms with Crippen LogP contribution in [-0.4, -0.2) is 86.5 Å². The van der Waals surface area contributed by atoms with Gasteiger partial charge in [-0.1, -0.05) is 0 Å². The highest BCUT2D eigenvalue weighted by molar-refractivity contribution is 5.92. The number of aromatic amines is 1. The first kappa shape index (κ1) is 19.3. The largest absolute Gasteiger partial charge is 0.367 e. The van der Waals surface area contributed by atoms with Crippen LogP contribution in [0.2, 0.25) is 0 Å². The maximum atomic E-state index is 13.5. The number of halogens is 1. The van der Waals surface area contributed by atoms with Crippen molar-refractivity contribution in [3.63, 3.8) is 0 Å². The monoisotopic (exact) mass is 424 g/mol. The highest BCUT2D eigenvalue weighted by Gasteiger charge is 2.36. The zero-order valence-electron chi connectivity index (χ0n) is 16.7. The summed E-state index contributed by atoms with van der Waals surface area (Å²) in [4.78, 5) is 35.3. The van der Waals surface area contributed by atoms with Crippen LogP contribution in [0, 0.1) is 11.7 Å². The molecule has 5 rings (SSSR count). The molecule has 1 atom stereocenters. The van der Waals surface area contributed by atoms with Gasteiger partial charge in [-0.15, -0.1) is 10.2 Å². The first-order valence-electron chi connectivity index (χ1n) is 10.2. The first-order chi connectivity index (χ1) is 15.1. The molecule has 0 radical (unpaired) electrons. The molecule has 10 nitrogen and oxygen atoms in total. The van der Waals surface area contributed by atoms with Crippen molar-refractivity contribution in [3.8, 4) is 0 Å². The van der Waals surface area contributed by atoms with Gasteiger partial charge in [-0.2, -0.15) is 5.21 Å². The third kappa shape index (κ3) is 3.66. The Morgan fingerprint density at radius 3 is 2.68 bits per heavy atom. The molecular weight excluding hydrogens is 403 g/mol. The second kappa shape index (κ2) is 7.89. The molecule has 11 heteroatoms. The van der Waals surface area contributed by atoms with Crippen LogP contribution in [0.1, 0.15) is 17.0 Å². The number of nitrogens with one attached hydrogen (secondary N) is 1. The summed E-state index contributed by atoms with van der Waals surface area (Å²) in [6.07, 6.45) is 2.31. The number of likely N-dealkylation sites (tertiary alicyclic amines) is 1. The smallest absolute Gasteiger partial charge is 0.295 e. The molecule has 0 aliphatic carbocycles. The number of carbonyl (C=O) groups excluding carboxylic acids is 2. The number of rotatable bonds is 3. The van der Waals surface area contributed by atoms with E-state index in [0.29, 0.717) is 51.2 Å². The molecule has 1 N–H and O–H groups in total. The number of hydrogen-bond donors (Lipinski definition) is 1. The van der Waals surface area contributed by atoms with Gasteiger partial charge in [-0.25, -0.2) is 4.39 Å². The fourth-order valence-electron chi connectivity index (χ4n) is 4.35. The summed E-state index contributed by atoms with van der Waals surface area (Å²) in [6.45, 7) is 3.43. The average molecular weight is 424 g/mol. The standard InChI is InChI=1S/C20H21FN8O2/c21-14-1-2-15-16(11-14)22-5-3-17(15)27-7-9-28(10-8-27)19(30)13-4-6-29(12-13)20(31)18-23-25-26-24-18/h1-3,5,11,13H,4,6-10,12H2,(H,23,24,25,26)/t13-/m0/s1. The van der Waals surface area contributed by atoms with Crippen LogP contribution in [0.25, 0.3) is 10.9 Å². The van der Waals surface area contributed by atoms with Crippen molar-refractivity contribution >= 4 is 28.4 Å². The van der Waals surface area contributed by atoms with Crippen LogP contribution in [0.5, 0.6) is 0 Å². The van der Waals surface area contributed by atoms with E-state index in [9.17, 15) is 14.0 Å². The predicted molar refractivity (Wildman–Crippen MR) is 109 cm³/mol. The van der Waals surface area contributed by atoms with Gasteiger partial charge in [0.15, 0.2) is 0 Å². The molecule has 2 amide bonds. The number of carbonyl (C=O) groups is 2. The van der Waals surface area contributed by atoms with Crippen LogP contribution in [-0.2, 0) is 4.79 Å². The van der Waals surface area contributed by atoms with E-state index in [-0.39, 0.29) is 29.4 Å². The Bertz CT molecular complexity index is 1110. The summed E-state index contributed by atoms with van der Waals surface area (Å²) in [5, 5.41) is 14.0. The molecule has 0 spiro atoms. The van der Waals surface area contributed by atoms with Crippen LogP contribution in [0.15, 0.2) is 30.5 Å². The SMILES string of the molecule is O=C(c1nn[nH]n1)N1CC[C@H](C(=O)N2CCN(c3ccnc4cc(F)ccc34)CC2)C1. The molecular formula is C20H21FN8O2. The highest BCUT2D eigenvalue weighted by atomic mass is 19.1. The Kier molecular flexibility index (Phi) is 4.92. The molecule has 2 aromatic heterocycles. The summed E-state index contributed by atoms with van der Waals surface area (Å²) in [7, 11) is 0. The number of benzene rings is 1. The Hall–Kier alpha value is -3.63. The van der Waals surface area contributed by atoms with Gasteiger partial charge in [0.25, 0.3) is 11.7 Å². The van der Waals surface area contributed by atoms with Crippen molar-refractivity contribution in [2.24, 2.45) is 5.92 Å². The molecule has 160 valence electrons. The van der Waals surface area contributed by atoms with Crippen molar-refractivity contribution in [1.82, 2.24) is 35.4 Å². The molecule has 2 fully saturated rings.